The van der Waals surface area contributed by atoms with Crippen LogP contribution >= 0.6 is 0 Å². The van der Waals surface area contributed by atoms with Crippen molar-refractivity contribution in [3.05, 3.63) is 41.6 Å². The van der Waals surface area contributed by atoms with Gasteiger partial charge in [0.2, 0.25) is 5.89 Å². The highest BCUT2D eigenvalue weighted by molar-refractivity contribution is 5.99. The Balaban J connectivity index is 2.18. The zero-order valence-corrected chi connectivity index (χ0v) is 12.5. The second-order valence-corrected chi connectivity index (χ2v) is 4.93. The fourth-order valence-electron chi connectivity index (χ4n) is 1.90. The summed E-state index contributed by atoms with van der Waals surface area (Å²) < 4.78 is 5.53. The number of carbonyl (C=O) groups is 1. The molecule has 3 N–H and O–H groups in total. The Morgan fingerprint density at radius 2 is 2.19 bits per heavy atom. The van der Waals surface area contributed by atoms with Gasteiger partial charge < -0.3 is 20.4 Å². The highest BCUT2D eigenvalue weighted by Gasteiger charge is 2.14. The van der Waals surface area contributed by atoms with Crippen LogP contribution in [-0.2, 0) is 13.0 Å². The first-order valence-corrected chi connectivity index (χ1v) is 6.80. The molecule has 0 unspecified atom stereocenters. The first-order chi connectivity index (χ1) is 10.0. The fraction of sp³-hybridized carbons (Fsp3) is 0.333. The molecule has 6 heteroatoms. The molecular formula is C15H20N4O2. The van der Waals surface area contributed by atoms with Crippen LogP contribution in [0.4, 0.5) is 11.4 Å². The summed E-state index contributed by atoms with van der Waals surface area (Å²) in [5.41, 5.74) is 7.62. The highest BCUT2D eigenvalue weighted by Crippen LogP contribution is 2.21. The van der Waals surface area contributed by atoms with Gasteiger partial charge in [0, 0.05) is 31.9 Å². The van der Waals surface area contributed by atoms with Gasteiger partial charge in [0.1, 0.15) is 5.76 Å². The molecule has 0 aliphatic heterocycles. The first-order valence-electron chi connectivity index (χ1n) is 6.80. The van der Waals surface area contributed by atoms with Crippen molar-refractivity contribution in [1.29, 1.82) is 0 Å². The van der Waals surface area contributed by atoms with E-state index in [2.05, 4.69) is 10.3 Å². The summed E-state index contributed by atoms with van der Waals surface area (Å²) in [7, 11) is 3.42. The third-order valence-electron chi connectivity index (χ3n) is 3.06. The zero-order chi connectivity index (χ0) is 15.4. The van der Waals surface area contributed by atoms with Crippen molar-refractivity contribution in [1.82, 2.24) is 9.88 Å². The van der Waals surface area contributed by atoms with Gasteiger partial charge in [-0.1, -0.05) is 6.92 Å². The van der Waals surface area contributed by atoms with Crippen molar-refractivity contribution < 1.29 is 9.21 Å². The lowest BCUT2D eigenvalue weighted by Crippen LogP contribution is -2.23. The second kappa shape index (κ2) is 6.30. The Hall–Kier alpha value is -2.50. The Kier molecular flexibility index (Phi) is 4.47. The molecule has 0 aliphatic rings. The molecule has 1 amide bonds. The normalized spacial score (nSPS) is 10.4. The van der Waals surface area contributed by atoms with Crippen molar-refractivity contribution in [2.45, 2.75) is 19.9 Å². The number of carbonyl (C=O) groups excluding carboxylic acids is 1. The van der Waals surface area contributed by atoms with E-state index in [1.54, 1.807) is 38.5 Å². The monoisotopic (exact) mass is 288 g/mol. The van der Waals surface area contributed by atoms with E-state index in [-0.39, 0.29) is 5.91 Å². The van der Waals surface area contributed by atoms with Crippen LogP contribution in [0.2, 0.25) is 0 Å². The van der Waals surface area contributed by atoms with Gasteiger partial charge in [-0.2, -0.15) is 0 Å². The average Bonchev–Trinajstić information content (AvgIpc) is 2.92. The molecular weight excluding hydrogens is 268 g/mol. The molecule has 6 nitrogen and oxygen atoms in total. The van der Waals surface area contributed by atoms with E-state index in [1.807, 2.05) is 6.92 Å². The summed E-state index contributed by atoms with van der Waals surface area (Å²) in [5, 5.41) is 3.16. The molecule has 2 aromatic rings. The number of anilines is 2. The van der Waals surface area contributed by atoms with Crippen LogP contribution in [0, 0.1) is 0 Å². The zero-order valence-electron chi connectivity index (χ0n) is 12.5. The molecule has 1 aromatic heterocycles. The minimum atomic E-state index is -0.0841. The molecule has 112 valence electrons. The number of oxazole rings is 1. The van der Waals surface area contributed by atoms with Crippen molar-refractivity contribution >= 4 is 17.3 Å². The van der Waals surface area contributed by atoms with Crippen LogP contribution in [0.3, 0.4) is 0 Å². The number of nitrogen functional groups attached to an aromatic ring is 1. The maximum Gasteiger partial charge on any atom is 0.255 e. The van der Waals surface area contributed by atoms with Crippen molar-refractivity contribution in [2.24, 2.45) is 0 Å². The second-order valence-electron chi connectivity index (χ2n) is 4.93. The lowest BCUT2D eigenvalue weighted by molar-refractivity contribution is 0.0828. The van der Waals surface area contributed by atoms with Gasteiger partial charge in [0.25, 0.3) is 5.91 Å². The van der Waals surface area contributed by atoms with Crippen molar-refractivity contribution in [3.8, 4) is 0 Å². The minimum absolute atomic E-state index is 0.0841. The van der Waals surface area contributed by atoms with Gasteiger partial charge in [0.15, 0.2) is 0 Å². The number of amides is 1. The van der Waals surface area contributed by atoms with Crippen LogP contribution < -0.4 is 11.1 Å². The Bertz CT molecular complexity index is 634. The predicted octanol–water partition coefficient (Wildman–Crippen LogP) is 2.13. The molecule has 0 bridgehead atoms. The third-order valence-corrected chi connectivity index (χ3v) is 3.06. The van der Waals surface area contributed by atoms with Gasteiger partial charge in [-0.25, -0.2) is 4.98 Å². The largest absolute Gasteiger partial charge is 0.444 e. The number of hydrogen-bond donors (Lipinski definition) is 2. The topological polar surface area (TPSA) is 84.4 Å². The maximum atomic E-state index is 12.1. The molecule has 21 heavy (non-hydrogen) atoms. The van der Waals surface area contributed by atoms with E-state index < -0.39 is 0 Å². The molecule has 0 aliphatic carbocycles. The van der Waals surface area contributed by atoms with Crippen LogP contribution in [-0.4, -0.2) is 29.9 Å². The van der Waals surface area contributed by atoms with E-state index in [0.717, 1.165) is 12.2 Å². The third kappa shape index (κ3) is 3.53. The fourth-order valence-corrected chi connectivity index (χ4v) is 1.90. The summed E-state index contributed by atoms with van der Waals surface area (Å²) >= 11 is 0. The number of nitrogens with one attached hydrogen (secondary N) is 1. The Morgan fingerprint density at radius 3 is 2.81 bits per heavy atom. The average molecular weight is 288 g/mol. The van der Waals surface area contributed by atoms with Crippen LogP contribution in [0.5, 0.6) is 0 Å². The Labute approximate surface area is 124 Å². The van der Waals surface area contributed by atoms with Crippen LogP contribution in [0.15, 0.2) is 28.8 Å². The smallest absolute Gasteiger partial charge is 0.255 e. The molecule has 0 saturated carbocycles. The molecule has 0 fully saturated rings. The minimum Gasteiger partial charge on any atom is -0.444 e. The number of benzene rings is 1. The lowest BCUT2D eigenvalue weighted by atomic mass is 10.1. The number of hydrogen-bond acceptors (Lipinski definition) is 5. The van der Waals surface area contributed by atoms with Crippen molar-refractivity contribution in [2.75, 3.05) is 25.1 Å². The van der Waals surface area contributed by atoms with E-state index in [1.165, 1.54) is 4.90 Å². The molecule has 1 heterocycles. The quantitative estimate of drug-likeness (QED) is 0.823. The van der Waals surface area contributed by atoms with E-state index >= 15 is 0 Å². The van der Waals surface area contributed by atoms with Gasteiger partial charge in [-0.05, 0) is 18.2 Å². The molecule has 0 atom stereocenters. The number of aromatic nitrogens is 1. The number of nitrogens with two attached hydrogens (primary N) is 1. The number of aryl methyl sites for hydroxylation is 1. The highest BCUT2D eigenvalue weighted by atomic mass is 16.4. The van der Waals surface area contributed by atoms with E-state index in [0.29, 0.717) is 29.4 Å². The molecule has 2 rings (SSSR count). The van der Waals surface area contributed by atoms with Crippen LogP contribution in [0.25, 0.3) is 0 Å². The number of rotatable bonds is 5. The molecule has 0 spiro atoms. The number of nitrogens with zero attached hydrogens (tertiary/aromatic N) is 2. The predicted molar refractivity (Wildman–Crippen MR) is 82.1 cm³/mol. The summed E-state index contributed by atoms with van der Waals surface area (Å²) in [4.78, 5) is 17.8. The Morgan fingerprint density at radius 1 is 1.43 bits per heavy atom. The van der Waals surface area contributed by atoms with E-state index in [9.17, 15) is 4.79 Å². The summed E-state index contributed by atoms with van der Waals surface area (Å²) in [5.74, 6) is 1.33. The standard InChI is InChI=1S/C15H20N4O2/c1-4-11-8-18-14(21-11)9-17-13-7-10(16)5-6-12(13)15(20)19(2)3/h5-8,17H,4,9,16H2,1-3H3. The lowest BCUT2D eigenvalue weighted by Gasteiger charge is -2.15. The SMILES string of the molecule is CCc1cnc(CNc2cc(N)ccc2C(=O)N(C)C)o1. The summed E-state index contributed by atoms with van der Waals surface area (Å²) in [6, 6.07) is 5.16. The molecule has 0 saturated heterocycles. The molecule has 1 aromatic carbocycles. The summed E-state index contributed by atoms with van der Waals surface area (Å²) in [6.07, 6.45) is 2.51. The summed E-state index contributed by atoms with van der Waals surface area (Å²) in [6.45, 7) is 2.40. The molecule has 0 radical (unpaired) electrons. The van der Waals surface area contributed by atoms with Gasteiger partial charge in [0.05, 0.1) is 18.3 Å². The van der Waals surface area contributed by atoms with Crippen molar-refractivity contribution in [3.63, 3.8) is 0 Å². The van der Waals surface area contributed by atoms with Gasteiger partial charge in [-0.3, -0.25) is 4.79 Å². The van der Waals surface area contributed by atoms with Gasteiger partial charge >= 0.3 is 0 Å². The van der Waals surface area contributed by atoms with Gasteiger partial charge in [-0.15, -0.1) is 0 Å². The van der Waals surface area contributed by atoms with E-state index in [4.69, 9.17) is 10.2 Å². The first kappa shape index (κ1) is 14.9. The van der Waals surface area contributed by atoms with Crippen LogP contribution in [0.1, 0.15) is 28.9 Å². The maximum absolute atomic E-state index is 12.1.